The van der Waals surface area contributed by atoms with Crippen LogP contribution in [-0.4, -0.2) is 29.9 Å². The van der Waals surface area contributed by atoms with E-state index in [-0.39, 0.29) is 17.1 Å². The summed E-state index contributed by atoms with van der Waals surface area (Å²) in [6.07, 6.45) is 5.85. The molecular weight excluding hydrogens is 360 g/mol. The van der Waals surface area contributed by atoms with Crippen molar-refractivity contribution in [2.24, 2.45) is 5.41 Å². The molecule has 122 valence electrons. The highest BCUT2D eigenvalue weighted by Gasteiger charge is 2.65. The number of nitrogens with zero attached hydrogens (tertiary/aromatic N) is 1. The van der Waals surface area contributed by atoms with E-state index in [9.17, 15) is 4.79 Å². The Morgan fingerprint density at radius 1 is 1.09 bits per heavy atom. The lowest BCUT2D eigenvalue weighted by atomic mass is 9.47. The molecule has 1 saturated heterocycles. The molecule has 2 aliphatic carbocycles. The Labute approximate surface area is 143 Å². The number of halogens is 1. The second kappa shape index (κ2) is 4.55. The number of ether oxygens (including phenoxy) is 2. The van der Waals surface area contributed by atoms with Gasteiger partial charge < -0.3 is 14.8 Å². The summed E-state index contributed by atoms with van der Waals surface area (Å²) in [5.41, 5.74) is 1.64. The maximum absolute atomic E-state index is 12.6. The Morgan fingerprint density at radius 2 is 1.78 bits per heavy atom. The Hall–Kier alpha value is -0.980. The van der Waals surface area contributed by atoms with E-state index in [0.717, 1.165) is 54.5 Å². The molecular formula is C17H19BrN2O3. The van der Waals surface area contributed by atoms with Gasteiger partial charge in [0, 0.05) is 12.8 Å². The Morgan fingerprint density at radius 3 is 2.48 bits per heavy atom. The number of carbonyl (C=O) groups excluding carboxylic acids is 1. The molecule has 1 amide bonds. The Balaban J connectivity index is 1.39. The highest BCUT2D eigenvalue weighted by atomic mass is 79.9. The van der Waals surface area contributed by atoms with Gasteiger partial charge in [0.15, 0.2) is 5.79 Å². The van der Waals surface area contributed by atoms with Crippen LogP contribution in [0.2, 0.25) is 0 Å². The van der Waals surface area contributed by atoms with Gasteiger partial charge in [0.2, 0.25) is 5.91 Å². The molecule has 1 N–H and O–H groups in total. The predicted octanol–water partition coefficient (Wildman–Crippen LogP) is 3.13. The molecule has 2 aliphatic heterocycles. The molecule has 0 bridgehead atoms. The summed E-state index contributed by atoms with van der Waals surface area (Å²) in [5, 5.41) is 3.02. The minimum absolute atomic E-state index is 0.123. The molecule has 3 spiro atoms. The number of nitrogens with one attached hydrogen (secondary N) is 1. The fraction of sp³-hybridized carbons (Fsp3) is 0.647. The molecule has 5 rings (SSSR count). The second-order valence-corrected chi connectivity index (χ2v) is 8.34. The van der Waals surface area contributed by atoms with Crippen LogP contribution in [0.15, 0.2) is 16.7 Å². The van der Waals surface area contributed by atoms with Crippen molar-refractivity contribution in [3.05, 3.63) is 22.4 Å². The van der Waals surface area contributed by atoms with Crippen LogP contribution in [0.25, 0.3) is 0 Å². The largest absolute Gasteiger partial charge is 0.348 e. The van der Waals surface area contributed by atoms with Gasteiger partial charge in [0.25, 0.3) is 0 Å². The second-order valence-electron chi connectivity index (χ2n) is 7.53. The first kappa shape index (κ1) is 14.4. The minimum atomic E-state index is -0.416. The van der Waals surface area contributed by atoms with Gasteiger partial charge in [-0.3, -0.25) is 4.79 Å². The molecule has 0 atom stereocenters. The molecule has 4 aliphatic rings. The van der Waals surface area contributed by atoms with Crippen LogP contribution in [0, 0.1) is 5.41 Å². The number of amides is 1. The van der Waals surface area contributed by atoms with E-state index >= 15 is 0 Å². The monoisotopic (exact) mass is 378 g/mol. The first-order chi connectivity index (χ1) is 11.1. The third-order valence-corrected chi connectivity index (χ3v) is 6.68. The van der Waals surface area contributed by atoms with Crippen molar-refractivity contribution in [2.45, 2.75) is 49.7 Å². The van der Waals surface area contributed by atoms with Gasteiger partial charge in [-0.25, -0.2) is 4.98 Å². The molecule has 1 aromatic rings. The molecule has 5 nitrogen and oxygen atoms in total. The van der Waals surface area contributed by atoms with Crippen LogP contribution >= 0.6 is 15.9 Å². The van der Waals surface area contributed by atoms with Crippen molar-refractivity contribution in [3.8, 4) is 0 Å². The molecule has 0 aromatic carbocycles. The van der Waals surface area contributed by atoms with Gasteiger partial charge in [-0.05, 0) is 59.2 Å². The van der Waals surface area contributed by atoms with Crippen molar-refractivity contribution in [3.63, 3.8) is 0 Å². The van der Waals surface area contributed by atoms with Gasteiger partial charge in [-0.2, -0.15) is 0 Å². The molecule has 0 radical (unpaired) electrons. The zero-order valence-electron chi connectivity index (χ0n) is 12.9. The summed E-state index contributed by atoms with van der Waals surface area (Å²) in [7, 11) is 0. The first-order valence-corrected chi connectivity index (χ1v) is 9.11. The average molecular weight is 379 g/mol. The van der Waals surface area contributed by atoms with Crippen molar-refractivity contribution < 1.29 is 14.3 Å². The van der Waals surface area contributed by atoms with Crippen LogP contribution in [0.5, 0.6) is 0 Å². The molecule has 3 heterocycles. The summed E-state index contributed by atoms with van der Waals surface area (Å²) < 4.78 is 12.5. The summed E-state index contributed by atoms with van der Waals surface area (Å²) in [6.45, 7) is 1.43. The lowest BCUT2D eigenvalue weighted by Crippen LogP contribution is -2.56. The van der Waals surface area contributed by atoms with Crippen LogP contribution < -0.4 is 5.32 Å². The van der Waals surface area contributed by atoms with E-state index in [1.54, 1.807) is 0 Å². The number of anilines is 1. The third kappa shape index (κ3) is 1.91. The lowest BCUT2D eigenvalue weighted by Gasteiger charge is -2.57. The number of carbonyl (C=O) groups is 1. The van der Waals surface area contributed by atoms with Crippen LogP contribution in [0.1, 0.15) is 44.2 Å². The highest BCUT2D eigenvalue weighted by molar-refractivity contribution is 9.10. The summed E-state index contributed by atoms with van der Waals surface area (Å²) in [6, 6.07) is 3.83. The van der Waals surface area contributed by atoms with E-state index in [1.807, 2.05) is 12.1 Å². The predicted molar refractivity (Wildman–Crippen MR) is 87.0 cm³/mol. The topological polar surface area (TPSA) is 60.5 Å². The Kier molecular flexibility index (Phi) is 2.84. The van der Waals surface area contributed by atoms with E-state index in [1.165, 1.54) is 0 Å². The fourth-order valence-corrected chi connectivity index (χ4v) is 5.42. The molecule has 3 fully saturated rings. The summed E-state index contributed by atoms with van der Waals surface area (Å²) in [4.78, 5) is 17.2. The van der Waals surface area contributed by atoms with E-state index in [4.69, 9.17) is 9.47 Å². The first-order valence-electron chi connectivity index (χ1n) is 8.32. The van der Waals surface area contributed by atoms with Gasteiger partial charge in [-0.15, -0.1) is 0 Å². The highest BCUT2D eigenvalue weighted by Crippen LogP contribution is 2.65. The maximum Gasteiger partial charge on any atom is 0.236 e. The standard InChI is InChI=1S/C17H19BrN2O3/c18-12-2-1-11-13(20-12)16(14(21)19-11)9-15(10-16)3-5-17(6-4-15)22-7-8-23-17/h1-2H,3-10H2,(H,19,21). The van der Waals surface area contributed by atoms with Crippen molar-refractivity contribution in [2.75, 3.05) is 18.5 Å². The van der Waals surface area contributed by atoms with E-state index in [0.29, 0.717) is 13.2 Å². The average Bonchev–Trinajstić information content (AvgIpc) is 3.06. The fourth-order valence-electron chi connectivity index (χ4n) is 5.11. The minimum Gasteiger partial charge on any atom is -0.348 e. The zero-order valence-corrected chi connectivity index (χ0v) is 14.4. The Bertz CT molecular complexity index is 681. The molecule has 1 aromatic heterocycles. The van der Waals surface area contributed by atoms with Gasteiger partial charge in [0.05, 0.1) is 30.0 Å². The molecule has 23 heavy (non-hydrogen) atoms. The van der Waals surface area contributed by atoms with E-state index in [2.05, 4.69) is 26.2 Å². The molecule has 2 saturated carbocycles. The van der Waals surface area contributed by atoms with Crippen molar-refractivity contribution in [1.82, 2.24) is 4.98 Å². The molecule has 0 unspecified atom stereocenters. The van der Waals surface area contributed by atoms with Gasteiger partial charge in [0.1, 0.15) is 4.60 Å². The van der Waals surface area contributed by atoms with Crippen molar-refractivity contribution in [1.29, 1.82) is 0 Å². The van der Waals surface area contributed by atoms with Crippen molar-refractivity contribution >= 4 is 27.5 Å². The smallest absolute Gasteiger partial charge is 0.236 e. The zero-order chi connectivity index (χ0) is 15.7. The summed E-state index contributed by atoms with van der Waals surface area (Å²) in [5.74, 6) is -0.206. The SMILES string of the molecule is O=C1Nc2ccc(Br)nc2C12CC1(CCC3(CC1)OCCO3)C2. The number of rotatable bonds is 0. The van der Waals surface area contributed by atoms with E-state index < -0.39 is 5.41 Å². The number of hydrogen-bond acceptors (Lipinski definition) is 4. The quantitative estimate of drug-likeness (QED) is 0.704. The van der Waals surface area contributed by atoms with Gasteiger partial charge >= 0.3 is 0 Å². The van der Waals surface area contributed by atoms with Crippen LogP contribution in [0.4, 0.5) is 5.69 Å². The summed E-state index contributed by atoms with van der Waals surface area (Å²) >= 11 is 3.43. The van der Waals surface area contributed by atoms with Crippen LogP contribution in [-0.2, 0) is 19.7 Å². The normalized spacial score (nSPS) is 28.8. The lowest BCUT2D eigenvalue weighted by molar-refractivity contribution is -0.204. The maximum atomic E-state index is 12.6. The third-order valence-electron chi connectivity index (χ3n) is 6.24. The molecule has 6 heteroatoms. The number of pyridine rings is 1. The van der Waals surface area contributed by atoms with Crippen LogP contribution in [0.3, 0.4) is 0 Å². The van der Waals surface area contributed by atoms with Gasteiger partial charge in [-0.1, -0.05) is 0 Å². The number of aromatic nitrogens is 1. The number of fused-ring (bicyclic) bond motifs is 2. The number of hydrogen-bond donors (Lipinski definition) is 1.